The molecule has 3 fully saturated rings. The van der Waals surface area contributed by atoms with E-state index < -0.39 is 11.8 Å². The predicted octanol–water partition coefficient (Wildman–Crippen LogP) is 3.36. The maximum Gasteiger partial charge on any atom is 0.361 e. The summed E-state index contributed by atoms with van der Waals surface area (Å²) in [5.74, 6) is 0.0125. The Morgan fingerprint density at radius 2 is 2.00 bits per heavy atom. The van der Waals surface area contributed by atoms with Crippen molar-refractivity contribution in [1.82, 2.24) is 19.9 Å². The lowest BCUT2D eigenvalue weighted by atomic mass is 9.59. The third kappa shape index (κ3) is 2.87. The van der Waals surface area contributed by atoms with E-state index in [9.17, 15) is 14.3 Å². The molecule has 0 aromatic carbocycles. The number of hydrogen-bond donors (Lipinski definition) is 2. The zero-order chi connectivity index (χ0) is 21.1. The largest absolute Gasteiger partial charge is 0.481 e. The summed E-state index contributed by atoms with van der Waals surface area (Å²) in [7, 11) is 0. The first-order valence-electron chi connectivity index (χ1n) is 10.5. The molecule has 3 aromatic rings. The molecule has 0 amide bonds. The fourth-order valence-electron chi connectivity index (χ4n) is 5.48. The molecule has 4 aliphatic rings. The van der Waals surface area contributed by atoms with Gasteiger partial charge in [0, 0.05) is 23.7 Å². The molecule has 3 aromatic heterocycles. The minimum absolute atomic E-state index is 0.0714. The second-order valence-corrected chi connectivity index (χ2v) is 8.58. The molecule has 156 valence electrons. The molecule has 2 bridgehead atoms. The summed E-state index contributed by atoms with van der Waals surface area (Å²) in [4.78, 5) is 28.2. The van der Waals surface area contributed by atoms with Crippen molar-refractivity contribution in [3.63, 3.8) is 0 Å². The minimum atomic E-state index is -0.726. The van der Waals surface area contributed by atoms with Gasteiger partial charge >= 0.3 is 11.8 Å². The molecule has 31 heavy (non-hydrogen) atoms. The maximum absolute atomic E-state index is 13.7. The fourth-order valence-corrected chi connectivity index (χ4v) is 5.48. The number of H-pyrrole nitrogens is 1. The summed E-state index contributed by atoms with van der Waals surface area (Å²) in [6.07, 6.45) is 12.3. The summed E-state index contributed by atoms with van der Waals surface area (Å²) in [5, 5.41) is 14.9. The maximum atomic E-state index is 13.7. The first-order valence-corrected chi connectivity index (χ1v) is 10.5. The van der Waals surface area contributed by atoms with Crippen LogP contribution in [0.1, 0.15) is 31.2 Å². The van der Waals surface area contributed by atoms with Gasteiger partial charge in [-0.1, -0.05) is 5.10 Å². The van der Waals surface area contributed by atoms with Crippen molar-refractivity contribution in [3.8, 4) is 11.4 Å². The van der Waals surface area contributed by atoms with Gasteiger partial charge in [-0.15, -0.1) is 4.68 Å². The lowest BCUT2D eigenvalue weighted by Crippen LogP contribution is -2.45. The Labute approximate surface area is 176 Å². The molecule has 3 aliphatic carbocycles. The van der Waals surface area contributed by atoms with Gasteiger partial charge in [0.25, 0.3) is 5.82 Å². The van der Waals surface area contributed by atoms with E-state index in [1.807, 2.05) is 6.21 Å². The first kappa shape index (κ1) is 18.3. The molecule has 1 unspecified atom stereocenters. The van der Waals surface area contributed by atoms with E-state index in [1.54, 1.807) is 23.3 Å². The van der Waals surface area contributed by atoms with Crippen LogP contribution in [0.15, 0.2) is 29.8 Å². The van der Waals surface area contributed by atoms with Crippen LogP contribution in [0, 0.1) is 29.5 Å². The first-order chi connectivity index (χ1) is 15.1. The van der Waals surface area contributed by atoms with Gasteiger partial charge < -0.3 is 10.1 Å². The van der Waals surface area contributed by atoms with E-state index in [0.29, 0.717) is 34.2 Å². The van der Waals surface area contributed by atoms with E-state index in [2.05, 4.69) is 20.1 Å². The number of pyridine rings is 1. The van der Waals surface area contributed by atoms with Gasteiger partial charge in [0.15, 0.2) is 0 Å². The van der Waals surface area contributed by atoms with E-state index in [1.165, 1.54) is 6.07 Å². The Morgan fingerprint density at radius 3 is 2.81 bits per heavy atom. The summed E-state index contributed by atoms with van der Waals surface area (Å²) in [6, 6.07) is 1.40. The molecule has 0 spiro atoms. The quantitative estimate of drug-likeness (QED) is 0.633. The minimum Gasteiger partial charge on any atom is -0.481 e. The number of nitrogens with one attached hydrogen (secondary N) is 1. The molecule has 7 rings (SSSR count). The molecule has 3 saturated carbocycles. The Hall–Kier alpha value is -3.49. The van der Waals surface area contributed by atoms with Gasteiger partial charge in [-0.25, -0.2) is 14.4 Å². The summed E-state index contributed by atoms with van der Waals surface area (Å²) in [5.41, 5.74) is 1.97. The SMILES string of the molecule is O=C(O)[C@@H]1C2CCC(CC2)C1/C=[N+]1\N=Cc2cnc(-c3c[nH]c4ncc(F)cc34)nc21. The van der Waals surface area contributed by atoms with Crippen LogP contribution in [-0.4, -0.2) is 48.1 Å². The number of aromatic amines is 1. The molecular weight excluding hydrogens is 399 g/mol. The highest BCUT2D eigenvalue weighted by atomic mass is 19.1. The van der Waals surface area contributed by atoms with Crippen LogP contribution in [0.2, 0.25) is 0 Å². The van der Waals surface area contributed by atoms with Crippen LogP contribution in [0.3, 0.4) is 0 Å². The van der Waals surface area contributed by atoms with Gasteiger partial charge in [-0.3, -0.25) is 4.79 Å². The molecule has 0 radical (unpaired) electrons. The van der Waals surface area contributed by atoms with Crippen molar-refractivity contribution in [2.24, 2.45) is 28.8 Å². The van der Waals surface area contributed by atoms with Crippen molar-refractivity contribution in [2.45, 2.75) is 25.7 Å². The number of carboxylic acid groups (broad SMARTS) is 1. The monoisotopic (exact) mass is 419 g/mol. The van der Waals surface area contributed by atoms with Crippen LogP contribution in [0.25, 0.3) is 22.4 Å². The average molecular weight is 419 g/mol. The molecule has 0 saturated heterocycles. The van der Waals surface area contributed by atoms with Crippen LogP contribution >= 0.6 is 0 Å². The van der Waals surface area contributed by atoms with Crippen molar-refractivity contribution in [3.05, 3.63) is 36.0 Å². The zero-order valence-corrected chi connectivity index (χ0v) is 16.6. The van der Waals surface area contributed by atoms with Crippen molar-refractivity contribution >= 4 is 35.2 Å². The van der Waals surface area contributed by atoms with Crippen LogP contribution in [0.5, 0.6) is 0 Å². The Bertz CT molecular complexity index is 1270. The van der Waals surface area contributed by atoms with Gasteiger partial charge in [0.2, 0.25) is 0 Å². The third-order valence-corrected chi connectivity index (χ3v) is 6.95. The number of aromatic nitrogens is 4. The number of aliphatic carboxylic acids is 1. The van der Waals surface area contributed by atoms with Crippen molar-refractivity contribution < 1.29 is 19.0 Å². The molecule has 2 N–H and O–H groups in total. The summed E-state index contributed by atoms with van der Waals surface area (Å²) < 4.78 is 15.4. The summed E-state index contributed by atoms with van der Waals surface area (Å²) in [6.45, 7) is 0. The van der Waals surface area contributed by atoms with Crippen molar-refractivity contribution in [2.75, 3.05) is 0 Å². The smallest absolute Gasteiger partial charge is 0.361 e. The van der Waals surface area contributed by atoms with Crippen LogP contribution in [0.4, 0.5) is 10.2 Å². The van der Waals surface area contributed by atoms with Crippen molar-refractivity contribution in [1.29, 1.82) is 0 Å². The molecular formula is C22H20FN6O2+. The highest BCUT2D eigenvalue weighted by molar-refractivity contribution is 5.92. The second kappa shape index (κ2) is 6.76. The van der Waals surface area contributed by atoms with E-state index in [0.717, 1.165) is 37.4 Å². The number of fused-ring (bicyclic) bond motifs is 5. The van der Waals surface area contributed by atoms with E-state index >= 15 is 0 Å². The van der Waals surface area contributed by atoms with Gasteiger partial charge in [0.05, 0.1) is 23.9 Å². The highest BCUT2D eigenvalue weighted by Crippen LogP contribution is 2.48. The lowest BCUT2D eigenvalue weighted by Gasteiger charge is -2.44. The van der Waals surface area contributed by atoms with Crippen LogP contribution in [-0.2, 0) is 4.79 Å². The predicted molar refractivity (Wildman–Crippen MR) is 111 cm³/mol. The van der Waals surface area contributed by atoms with Gasteiger partial charge in [-0.2, -0.15) is 0 Å². The number of carboxylic acids is 1. The average Bonchev–Trinajstić information content (AvgIpc) is 3.37. The van der Waals surface area contributed by atoms with E-state index in [4.69, 9.17) is 4.98 Å². The second-order valence-electron chi connectivity index (χ2n) is 8.58. The lowest BCUT2D eigenvalue weighted by molar-refractivity contribution is -0.443. The number of carbonyl (C=O) groups is 1. The number of halogens is 1. The Morgan fingerprint density at radius 1 is 1.19 bits per heavy atom. The highest BCUT2D eigenvalue weighted by Gasteiger charge is 2.48. The topological polar surface area (TPSA) is 107 Å². The molecule has 2 atom stereocenters. The normalized spacial score (nSPS) is 27.8. The number of rotatable bonds is 3. The number of hydrogen-bond acceptors (Lipinski definition) is 5. The van der Waals surface area contributed by atoms with Gasteiger partial charge in [-0.05, 0) is 48.6 Å². The van der Waals surface area contributed by atoms with Crippen LogP contribution < -0.4 is 0 Å². The Balaban J connectivity index is 1.41. The number of hydrazone groups is 1. The third-order valence-electron chi connectivity index (χ3n) is 6.95. The standard InChI is InChI=1S/C22H19FN6O2/c23-14-5-15-16(9-26-19(15)25-8-14)20-24-6-13-7-27-29(21(13)28-20)10-17-11-1-3-12(4-2-11)18(17)22(30)31/h5-12,17-18H,1-4H2,(H-,24,25,26,27,28,30,31)/p+1/b29-10-/t11?,12?,17?,18-/m1/s1. The molecule has 8 nitrogen and oxygen atoms in total. The number of nitrogens with zero attached hydrogens (tertiary/aromatic N) is 5. The fraction of sp³-hybridized carbons (Fsp3) is 0.364. The summed E-state index contributed by atoms with van der Waals surface area (Å²) >= 11 is 0. The van der Waals surface area contributed by atoms with E-state index in [-0.39, 0.29) is 17.8 Å². The van der Waals surface area contributed by atoms with Gasteiger partial charge in [0.1, 0.15) is 23.2 Å². The zero-order valence-electron chi connectivity index (χ0n) is 16.6. The molecule has 4 heterocycles. The molecule has 1 aliphatic heterocycles. The Kier molecular flexibility index (Phi) is 3.99. The molecule has 9 heteroatoms.